The van der Waals surface area contributed by atoms with Crippen molar-refractivity contribution in [2.24, 2.45) is 0 Å². The number of hydrogen-bond donors (Lipinski definition) is 0. The highest BCUT2D eigenvalue weighted by atomic mass is 14.7. The van der Waals surface area contributed by atoms with Crippen LogP contribution in [0, 0.1) is 13.8 Å². The Bertz CT molecular complexity index is 368. The minimum absolute atomic E-state index is 1.04. The summed E-state index contributed by atoms with van der Waals surface area (Å²) in [4.78, 5) is 4.38. The third-order valence-electron chi connectivity index (χ3n) is 2.26. The highest BCUT2D eigenvalue weighted by Crippen LogP contribution is 2.17. The normalized spacial score (nSPS) is 10.1. The zero-order valence-corrected chi connectivity index (χ0v) is 8.49. The molecule has 0 fully saturated rings. The van der Waals surface area contributed by atoms with Gasteiger partial charge in [-0.25, -0.2) is 0 Å². The standard InChI is InChI=1S/C13H13N/c1-10-3-6-12(7-4-10)13-8-5-11(2)9-14-13/h3-9H,1-2H3. The Balaban J connectivity index is 2.40. The zero-order valence-electron chi connectivity index (χ0n) is 8.49. The number of aromatic nitrogens is 1. The maximum atomic E-state index is 4.38. The lowest BCUT2D eigenvalue weighted by Gasteiger charge is -2.01. The van der Waals surface area contributed by atoms with E-state index in [1.165, 1.54) is 16.7 Å². The first-order valence-corrected chi connectivity index (χ1v) is 4.75. The average Bonchev–Trinajstić information content (AvgIpc) is 2.21. The lowest BCUT2D eigenvalue weighted by molar-refractivity contribution is 1.27. The van der Waals surface area contributed by atoms with E-state index >= 15 is 0 Å². The van der Waals surface area contributed by atoms with Crippen molar-refractivity contribution < 1.29 is 0 Å². The highest BCUT2D eigenvalue weighted by molar-refractivity contribution is 5.59. The molecule has 0 aliphatic heterocycles. The summed E-state index contributed by atoms with van der Waals surface area (Å²) in [6.07, 6.45) is 1.90. The van der Waals surface area contributed by atoms with E-state index in [1.54, 1.807) is 0 Å². The fourth-order valence-electron chi connectivity index (χ4n) is 1.36. The molecule has 70 valence electrons. The molecule has 1 heterocycles. The molecule has 0 aliphatic carbocycles. The number of benzene rings is 1. The van der Waals surface area contributed by atoms with Gasteiger partial charge in [0.1, 0.15) is 0 Å². The van der Waals surface area contributed by atoms with E-state index in [1.807, 2.05) is 13.1 Å². The van der Waals surface area contributed by atoms with Crippen molar-refractivity contribution in [3.05, 3.63) is 53.7 Å². The van der Waals surface area contributed by atoms with Crippen molar-refractivity contribution in [2.45, 2.75) is 13.8 Å². The predicted octanol–water partition coefficient (Wildman–Crippen LogP) is 3.37. The van der Waals surface area contributed by atoms with Gasteiger partial charge in [0.2, 0.25) is 0 Å². The third kappa shape index (κ3) is 1.82. The van der Waals surface area contributed by atoms with Crippen LogP contribution in [-0.4, -0.2) is 4.98 Å². The Morgan fingerprint density at radius 1 is 0.786 bits per heavy atom. The number of pyridine rings is 1. The van der Waals surface area contributed by atoms with Crippen LogP contribution in [0.25, 0.3) is 11.3 Å². The average molecular weight is 183 g/mol. The molecule has 2 rings (SSSR count). The van der Waals surface area contributed by atoms with Gasteiger partial charge in [-0.15, -0.1) is 0 Å². The van der Waals surface area contributed by atoms with Crippen LogP contribution in [0.1, 0.15) is 11.1 Å². The summed E-state index contributed by atoms with van der Waals surface area (Å²) in [6.45, 7) is 4.14. The molecule has 1 nitrogen and oxygen atoms in total. The molecule has 0 saturated carbocycles. The van der Waals surface area contributed by atoms with Crippen molar-refractivity contribution in [3.63, 3.8) is 0 Å². The minimum Gasteiger partial charge on any atom is -0.256 e. The first-order valence-electron chi connectivity index (χ1n) is 4.75. The van der Waals surface area contributed by atoms with Crippen LogP contribution in [0.2, 0.25) is 0 Å². The summed E-state index contributed by atoms with van der Waals surface area (Å²) >= 11 is 0. The second-order valence-corrected chi connectivity index (χ2v) is 3.59. The second kappa shape index (κ2) is 3.62. The van der Waals surface area contributed by atoms with Gasteiger partial charge in [-0.2, -0.15) is 0 Å². The molecule has 1 aromatic carbocycles. The Morgan fingerprint density at radius 3 is 2.00 bits per heavy atom. The summed E-state index contributed by atoms with van der Waals surface area (Å²) < 4.78 is 0. The van der Waals surface area contributed by atoms with Gasteiger partial charge in [0.15, 0.2) is 0 Å². The molecule has 0 N–H and O–H groups in total. The fourth-order valence-corrected chi connectivity index (χ4v) is 1.36. The first-order chi connectivity index (χ1) is 6.75. The van der Waals surface area contributed by atoms with Gasteiger partial charge in [-0.3, -0.25) is 4.98 Å². The van der Waals surface area contributed by atoms with E-state index in [0.29, 0.717) is 0 Å². The van der Waals surface area contributed by atoms with E-state index in [9.17, 15) is 0 Å². The minimum atomic E-state index is 1.04. The molecule has 0 bridgehead atoms. The summed E-state index contributed by atoms with van der Waals surface area (Å²) in [6, 6.07) is 12.6. The highest BCUT2D eigenvalue weighted by Gasteiger charge is 1.97. The van der Waals surface area contributed by atoms with Gasteiger partial charge in [0.05, 0.1) is 5.69 Å². The van der Waals surface area contributed by atoms with Crippen molar-refractivity contribution in [1.29, 1.82) is 0 Å². The molecule has 0 amide bonds. The van der Waals surface area contributed by atoms with Crippen LogP contribution < -0.4 is 0 Å². The third-order valence-corrected chi connectivity index (χ3v) is 2.26. The van der Waals surface area contributed by atoms with Crippen molar-refractivity contribution in [3.8, 4) is 11.3 Å². The SMILES string of the molecule is Cc1ccc(-c2ccc(C)cn2)cc1. The smallest absolute Gasteiger partial charge is 0.0702 e. The predicted molar refractivity (Wildman–Crippen MR) is 59.1 cm³/mol. The van der Waals surface area contributed by atoms with E-state index in [4.69, 9.17) is 0 Å². The molecule has 1 heteroatoms. The van der Waals surface area contributed by atoms with Crippen LogP contribution in [0.15, 0.2) is 42.6 Å². The van der Waals surface area contributed by atoms with Crippen molar-refractivity contribution >= 4 is 0 Å². The summed E-state index contributed by atoms with van der Waals surface area (Å²) in [5.41, 5.74) is 4.69. The van der Waals surface area contributed by atoms with Gasteiger partial charge in [0.25, 0.3) is 0 Å². The van der Waals surface area contributed by atoms with E-state index in [0.717, 1.165) is 5.69 Å². The number of rotatable bonds is 1. The molecule has 14 heavy (non-hydrogen) atoms. The maximum Gasteiger partial charge on any atom is 0.0702 e. The molecular weight excluding hydrogens is 170 g/mol. The molecule has 1 aromatic heterocycles. The number of hydrogen-bond acceptors (Lipinski definition) is 1. The van der Waals surface area contributed by atoms with Crippen LogP contribution >= 0.6 is 0 Å². The topological polar surface area (TPSA) is 12.9 Å². The van der Waals surface area contributed by atoms with Crippen LogP contribution in [0.5, 0.6) is 0 Å². The molecule has 0 atom stereocenters. The molecular formula is C13H13N. The quantitative estimate of drug-likeness (QED) is 0.660. The molecule has 0 radical (unpaired) electrons. The molecule has 0 aliphatic rings. The Morgan fingerprint density at radius 2 is 1.43 bits per heavy atom. The number of nitrogens with zero attached hydrogens (tertiary/aromatic N) is 1. The van der Waals surface area contributed by atoms with Gasteiger partial charge < -0.3 is 0 Å². The van der Waals surface area contributed by atoms with Crippen LogP contribution in [0.4, 0.5) is 0 Å². The van der Waals surface area contributed by atoms with Gasteiger partial charge in [-0.1, -0.05) is 35.9 Å². The van der Waals surface area contributed by atoms with Crippen molar-refractivity contribution in [1.82, 2.24) is 4.98 Å². The number of aryl methyl sites for hydroxylation is 2. The lowest BCUT2D eigenvalue weighted by atomic mass is 10.1. The largest absolute Gasteiger partial charge is 0.256 e. The Hall–Kier alpha value is -1.63. The van der Waals surface area contributed by atoms with E-state index in [-0.39, 0.29) is 0 Å². The monoisotopic (exact) mass is 183 g/mol. The fraction of sp³-hybridized carbons (Fsp3) is 0.154. The maximum absolute atomic E-state index is 4.38. The van der Waals surface area contributed by atoms with E-state index in [2.05, 4.69) is 48.3 Å². The zero-order chi connectivity index (χ0) is 9.97. The van der Waals surface area contributed by atoms with Crippen LogP contribution in [0.3, 0.4) is 0 Å². The second-order valence-electron chi connectivity index (χ2n) is 3.59. The van der Waals surface area contributed by atoms with Crippen LogP contribution in [-0.2, 0) is 0 Å². The molecule has 0 saturated heterocycles. The summed E-state index contributed by atoms with van der Waals surface area (Å²) in [5.74, 6) is 0. The summed E-state index contributed by atoms with van der Waals surface area (Å²) in [7, 11) is 0. The molecule has 0 spiro atoms. The van der Waals surface area contributed by atoms with Gasteiger partial charge in [0, 0.05) is 11.8 Å². The van der Waals surface area contributed by atoms with Gasteiger partial charge in [-0.05, 0) is 25.5 Å². The lowest BCUT2D eigenvalue weighted by Crippen LogP contribution is -1.83. The Kier molecular flexibility index (Phi) is 2.32. The van der Waals surface area contributed by atoms with E-state index < -0.39 is 0 Å². The Labute approximate surface area is 84.4 Å². The van der Waals surface area contributed by atoms with Gasteiger partial charge >= 0.3 is 0 Å². The summed E-state index contributed by atoms with van der Waals surface area (Å²) in [5, 5.41) is 0. The molecule has 2 aromatic rings. The molecule has 0 unspecified atom stereocenters. The van der Waals surface area contributed by atoms with Crippen molar-refractivity contribution in [2.75, 3.05) is 0 Å². The first kappa shape index (κ1) is 8.95.